The molecule has 13 heavy (non-hydrogen) atoms. The first-order valence-corrected chi connectivity index (χ1v) is 4.90. The molecule has 0 bridgehead atoms. The zero-order valence-electron chi connectivity index (χ0n) is 8.14. The quantitative estimate of drug-likeness (QED) is 0.533. The van der Waals surface area contributed by atoms with Crippen molar-refractivity contribution >= 4 is 5.97 Å². The van der Waals surface area contributed by atoms with Gasteiger partial charge in [-0.25, -0.2) is 4.79 Å². The third-order valence-electron chi connectivity index (χ3n) is 2.24. The van der Waals surface area contributed by atoms with Gasteiger partial charge in [-0.1, -0.05) is 13.3 Å². The first-order chi connectivity index (χ1) is 6.25. The number of carbonyl (C=O) groups excluding carboxylic acids is 1. The molecule has 74 valence electrons. The molecule has 0 fully saturated rings. The van der Waals surface area contributed by atoms with Gasteiger partial charge >= 0.3 is 5.97 Å². The van der Waals surface area contributed by atoms with E-state index in [9.17, 15) is 4.79 Å². The lowest BCUT2D eigenvalue weighted by atomic mass is 10.2. The van der Waals surface area contributed by atoms with Gasteiger partial charge in [0.15, 0.2) is 0 Å². The number of nitrogens with two attached hydrogens (primary N) is 1. The second kappa shape index (κ2) is 4.90. The number of carbonyl (C=O) groups is 1. The van der Waals surface area contributed by atoms with Crippen LogP contribution in [0.2, 0.25) is 0 Å². The first kappa shape index (κ1) is 10.1. The van der Waals surface area contributed by atoms with Crippen molar-refractivity contribution in [2.24, 2.45) is 5.73 Å². The molecular formula is C10H17NO2. The van der Waals surface area contributed by atoms with Gasteiger partial charge in [-0.2, -0.15) is 0 Å². The Balaban J connectivity index is 2.35. The van der Waals surface area contributed by atoms with E-state index in [0.29, 0.717) is 12.2 Å². The van der Waals surface area contributed by atoms with E-state index >= 15 is 0 Å². The number of unbranched alkanes of at least 4 members (excludes halogenated alkanes) is 1. The van der Waals surface area contributed by atoms with Crippen LogP contribution in [0.25, 0.3) is 0 Å². The Morgan fingerprint density at radius 1 is 1.54 bits per heavy atom. The summed E-state index contributed by atoms with van der Waals surface area (Å²) in [6.45, 7) is 2.59. The molecule has 1 aliphatic rings. The first-order valence-electron chi connectivity index (χ1n) is 4.90. The fourth-order valence-corrected chi connectivity index (χ4v) is 1.40. The average Bonchev–Trinajstić information content (AvgIpc) is 2.52. The van der Waals surface area contributed by atoms with Crippen molar-refractivity contribution in [1.82, 2.24) is 0 Å². The van der Waals surface area contributed by atoms with Crippen LogP contribution in [0, 0.1) is 0 Å². The number of ether oxygens (including phenoxy) is 1. The van der Waals surface area contributed by atoms with Crippen LogP contribution in [-0.2, 0) is 9.53 Å². The van der Waals surface area contributed by atoms with Crippen LogP contribution in [0.5, 0.6) is 0 Å². The van der Waals surface area contributed by atoms with Crippen molar-refractivity contribution in [2.45, 2.75) is 39.0 Å². The Morgan fingerprint density at radius 3 is 2.85 bits per heavy atom. The molecule has 0 saturated heterocycles. The van der Waals surface area contributed by atoms with Gasteiger partial charge in [0.1, 0.15) is 0 Å². The summed E-state index contributed by atoms with van der Waals surface area (Å²) in [7, 11) is 0. The van der Waals surface area contributed by atoms with Crippen LogP contribution in [0.1, 0.15) is 39.0 Å². The molecule has 2 N–H and O–H groups in total. The van der Waals surface area contributed by atoms with Gasteiger partial charge in [0, 0.05) is 5.70 Å². The molecule has 3 nitrogen and oxygen atoms in total. The zero-order valence-corrected chi connectivity index (χ0v) is 8.14. The summed E-state index contributed by atoms with van der Waals surface area (Å²) < 4.78 is 5.06. The highest BCUT2D eigenvalue weighted by atomic mass is 16.5. The van der Waals surface area contributed by atoms with Crippen molar-refractivity contribution in [3.05, 3.63) is 11.3 Å². The summed E-state index contributed by atoms with van der Waals surface area (Å²) in [5.41, 5.74) is 7.09. The van der Waals surface area contributed by atoms with Gasteiger partial charge in [-0.3, -0.25) is 0 Å². The molecule has 0 radical (unpaired) electrons. The maximum Gasteiger partial charge on any atom is 0.335 e. The summed E-state index contributed by atoms with van der Waals surface area (Å²) >= 11 is 0. The number of allylic oxidation sites excluding steroid dienone is 1. The smallest absolute Gasteiger partial charge is 0.335 e. The third-order valence-corrected chi connectivity index (χ3v) is 2.24. The predicted octanol–water partition coefficient (Wildman–Crippen LogP) is 1.73. The summed E-state index contributed by atoms with van der Waals surface area (Å²) in [6.07, 6.45) is 4.60. The predicted molar refractivity (Wildman–Crippen MR) is 50.9 cm³/mol. The van der Waals surface area contributed by atoms with Gasteiger partial charge in [-0.15, -0.1) is 0 Å². The van der Waals surface area contributed by atoms with Gasteiger partial charge < -0.3 is 10.5 Å². The molecule has 0 aromatic carbocycles. The van der Waals surface area contributed by atoms with Gasteiger partial charge in [0.25, 0.3) is 0 Å². The molecule has 0 aliphatic heterocycles. The summed E-state index contributed by atoms with van der Waals surface area (Å²) in [5.74, 6) is -0.205. The van der Waals surface area contributed by atoms with E-state index in [1.807, 2.05) is 0 Å². The summed E-state index contributed by atoms with van der Waals surface area (Å²) in [6, 6.07) is 0. The van der Waals surface area contributed by atoms with Crippen LogP contribution < -0.4 is 5.73 Å². The molecule has 0 aromatic rings. The summed E-state index contributed by atoms with van der Waals surface area (Å²) in [5, 5.41) is 0. The van der Waals surface area contributed by atoms with E-state index in [1.54, 1.807) is 0 Å². The monoisotopic (exact) mass is 183 g/mol. The average molecular weight is 183 g/mol. The second-order valence-corrected chi connectivity index (χ2v) is 3.35. The molecule has 0 heterocycles. The minimum Gasteiger partial charge on any atom is -0.462 e. The maximum absolute atomic E-state index is 11.4. The van der Waals surface area contributed by atoms with Crippen LogP contribution in [0.3, 0.4) is 0 Å². The molecule has 0 atom stereocenters. The zero-order chi connectivity index (χ0) is 9.68. The number of hydrogen-bond donors (Lipinski definition) is 1. The van der Waals surface area contributed by atoms with Crippen LogP contribution in [0.15, 0.2) is 11.3 Å². The number of esters is 1. The molecular weight excluding hydrogens is 166 g/mol. The Morgan fingerprint density at radius 2 is 2.31 bits per heavy atom. The standard InChI is InChI=1S/C10H17NO2/c1-2-3-7-13-10(12)8-5-4-6-9(8)11/h2-7,11H2,1H3. The maximum atomic E-state index is 11.4. The lowest BCUT2D eigenvalue weighted by molar-refractivity contribution is -0.139. The van der Waals surface area contributed by atoms with Gasteiger partial charge in [-0.05, 0) is 25.7 Å². The SMILES string of the molecule is CCCCOC(=O)C1=C(N)CCC1. The number of hydrogen-bond acceptors (Lipinski definition) is 3. The van der Waals surface area contributed by atoms with Crippen LogP contribution in [0.4, 0.5) is 0 Å². The molecule has 0 saturated carbocycles. The highest BCUT2D eigenvalue weighted by molar-refractivity contribution is 5.89. The minimum atomic E-state index is -0.205. The Labute approximate surface area is 78.9 Å². The molecule has 1 rings (SSSR count). The largest absolute Gasteiger partial charge is 0.462 e. The van der Waals surface area contributed by atoms with Gasteiger partial charge in [0.05, 0.1) is 12.2 Å². The molecule has 0 unspecified atom stereocenters. The highest BCUT2D eigenvalue weighted by Gasteiger charge is 2.19. The van der Waals surface area contributed by atoms with E-state index in [1.165, 1.54) is 0 Å². The van der Waals surface area contributed by atoms with Crippen molar-refractivity contribution in [3.63, 3.8) is 0 Å². The highest BCUT2D eigenvalue weighted by Crippen LogP contribution is 2.23. The fraction of sp³-hybridized carbons (Fsp3) is 0.700. The van der Waals surface area contributed by atoms with Crippen molar-refractivity contribution in [1.29, 1.82) is 0 Å². The summed E-state index contributed by atoms with van der Waals surface area (Å²) in [4.78, 5) is 11.4. The molecule has 0 aromatic heterocycles. The van der Waals surface area contributed by atoms with E-state index in [0.717, 1.165) is 37.8 Å². The van der Waals surface area contributed by atoms with E-state index < -0.39 is 0 Å². The minimum absolute atomic E-state index is 0.205. The lowest BCUT2D eigenvalue weighted by Crippen LogP contribution is -2.11. The van der Waals surface area contributed by atoms with Crippen LogP contribution >= 0.6 is 0 Å². The van der Waals surface area contributed by atoms with Crippen molar-refractivity contribution < 1.29 is 9.53 Å². The van der Waals surface area contributed by atoms with Crippen LogP contribution in [-0.4, -0.2) is 12.6 Å². The van der Waals surface area contributed by atoms with Crippen molar-refractivity contribution in [3.8, 4) is 0 Å². The molecule has 3 heteroatoms. The molecule has 1 aliphatic carbocycles. The van der Waals surface area contributed by atoms with E-state index in [-0.39, 0.29) is 5.97 Å². The fourth-order valence-electron chi connectivity index (χ4n) is 1.40. The lowest BCUT2D eigenvalue weighted by Gasteiger charge is -2.04. The molecule has 0 spiro atoms. The Kier molecular flexibility index (Phi) is 3.80. The Hall–Kier alpha value is -0.990. The van der Waals surface area contributed by atoms with E-state index in [2.05, 4.69) is 6.92 Å². The van der Waals surface area contributed by atoms with E-state index in [4.69, 9.17) is 10.5 Å². The Bertz CT molecular complexity index is 221. The van der Waals surface area contributed by atoms with Crippen molar-refractivity contribution in [2.75, 3.05) is 6.61 Å². The molecule has 0 amide bonds. The third kappa shape index (κ3) is 2.76. The van der Waals surface area contributed by atoms with Gasteiger partial charge in [0.2, 0.25) is 0 Å². The topological polar surface area (TPSA) is 52.3 Å². The normalized spacial score (nSPS) is 16.4. The number of rotatable bonds is 4. The second-order valence-electron chi connectivity index (χ2n) is 3.35.